The van der Waals surface area contributed by atoms with E-state index in [4.69, 9.17) is 17.0 Å². The minimum atomic E-state index is -0.0544. The number of ether oxygens (including phenoxy) is 1. The van der Waals surface area contributed by atoms with E-state index < -0.39 is 0 Å². The Hall–Kier alpha value is -1.68. The summed E-state index contributed by atoms with van der Waals surface area (Å²) in [5, 5.41) is 0. The summed E-state index contributed by atoms with van der Waals surface area (Å²) in [5.41, 5.74) is 2.36. The fraction of sp³-hybridized carbons (Fsp3) is 0.375. The van der Waals surface area contributed by atoms with Crippen LogP contribution in [0.15, 0.2) is 30.3 Å². The lowest BCUT2D eigenvalue weighted by atomic mass is 10.1. The van der Waals surface area contributed by atoms with Gasteiger partial charge in [-0.3, -0.25) is 0 Å². The highest BCUT2D eigenvalue weighted by atomic mass is 32.1. The first-order valence-corrected chi connectivity index (χ1v) is 7.37. The molecule has 0 spiro atoms. The summed E-state index contributed by atoms with van der Waals surface area (Å²) in [7, 11) is 0. The molecular weight excluding hydrogens is 268 g/mol. The molecule has 3 rings (SSSR count). The van der Waals surface area contributed by atoms with Crippen LogP contribution in [0.4, 0.5) is 0 Å². The summed E-state index contributed by atoms with van der Waals surface area (Å²) in [5.74, 6) is 2.37. The van der Waals surface area contributed by atoms with Crippen LogP contribution in [0.3, 0.4) is 0 Å². The first kappa shape index (κ1) is 13.3. The normalized spacial score (nSPS) is 17.1. The number of hydrogen-bond donors (Lipinski definition) is 1. The van der Waals surface area contributed by atoms with E-state index in [0.29, 0.717) is 10.6 Å². The summed E-state index contributed by atoms with van der Waals surface area (Å²) in [6, 6.07) is 10.1. The Morgan fingerprint density at radius 3 is 2.95 bits per heavy atom. The molecule has 1 atom stereocenters. The van der Waals surface area contributed by atoms with Crippen molar-refractivity contribution in [3.63, 3.8) is 0 Å². The number of nitrogens with zero attached hydrogens (tertiary/aromatic N) is 1. The van der Waals surface area contributed by atoms with Crippen molar-refractivity contribution < 1.29 is 4.74 Å². The third-order valence-corrected chi connectivity index (χ3v) is 3.61. The zero-order valence-electron chi connectivity index (χ0n) is 11.7. The third kappa shape index (κ3) is 2.75. The molecule has 0 fully saturated rings. The highest BCUT2D eigenvalue weighted by Crippen LogP contribution is 2.35. The SMILES string of the molecule is CC(C)Cc1cc(=S)nc(C2Cc3ccccc3O2)[nH]1. The van der Waals surface area contributed by atoms with Gasteiger partial charge in [0.15, 0.2) is 6.10 Å². The molecule has 0 radical (unpaired) electrons. The van der Waals surface area contributed by atoms with Crippen LogP contribution in [0.25, 0.3) is 0 Å². The summed E-state index contributed by atoms with van der Waals surface area (Å²) >= 11 is 5.28. The standard InChI is InChI=1S/C16H18N2OS/c1-10(2)7-12-9-15(20)18-16(17-12)14-8-11-5-3-4-6-13(11)19-14/h3-6,9-10,14H,7-8H2,1-2H3,(H,17,18,20). The third-order valence-electron chi connectivity index (χ3n) is 3.40. The van der Waals surface area contributed by atoms with Crippen molar-refractivity contribution in [2.75, 3.05) is 0 Å². The monoisotopic (exact) mass is 286 g/mol. The average Bonchev–Trinajstić information content (AvgIpc) is 2.80. The molecule has 1 N–H and O–H groups in total. The predicted molar refractivity (Wildman–Crippen MR) is 81.5 cm³/mol. The van der Waals surface area contributed by atoms with Crippen LogP contribution in [0, 0.1) is 10.6 Å². The Labute approximate surface area is 124 Å². The Balaban J connectivity index is 1.89. The summed E-state index contributed by atoms with van der Waals surface area (Å²) in [4.78, 5) is 7.83. The van der Waals surface area contributed by atoms with E-state index >= 15 is 0 Å². The van der Waals surface area contributed by atoms with Gasteiger partial charge >= 0.3 is 0 Å². The smallest absolute Gasteiger partial charge is 0.160 e. The second kappa shape index (κ2) is 5.37. The molecule has 2 heterocycles. The minimum Gasteiger partial charge on any atom is -0.482 e. The highest BCUT2D eigenvalue weighted by molar-refractivity contribution is 7.71. The number of hydrogen-bond acceptors (Lipinski definition) is 3. The van der Waals surface area contributed by atoms with Gasteiger partial charge in [-0.2, -0.15) is 0 Å². The van der Waals surface area contributed by atoms with Gasteiger partial charge < -0.3 is 9.72 Å². The van der Waals surface area contributed by atoms with E-state index in [1.807, 2.05) is 24.3 Å². The van der Waals surface area contributed by atoms with E-state index in [9.17, 15) is 0 Å². The lowest BCUT2D eigenvalue weighted by Gasteiger charge is -2.13. The van der Waals surface area contributed by atoms with Crippen molar-refractivity contribution >= 4 is 12.2 Å². The molecule has 0 bridgehead atoms. The molecular formula is C16H18N2OS. The van der Waals surface area contributed by atoms with Gasteiger partial charge in [-0.25, -0.2) is 4.98 Å². The van der Waals surface area contributed by atoms with Gasteiger partial charge in [-0.05, 0) is 30.0 Å². The fourth-order valence-corrected chi connectivity index (χ4v) is 2.81. The molecule has 2 aromatic rings. The largest absolute Gasteiger partial charge is 0.482 e. The van der Waals surface area contributed by atoms with E-state index in [0.717, 1.165) is 30.1 Å². The second-order valence-corrected chi connectivity index (χ2v) is 6.06. The van der Waals surface area contributed by atoms with E-state index in [1.165, 1.54) is 5.56 Å². The average molecular weight is 286 g/mol. The molecule has 1 aliphatic rings. The molecule has 0 amide bonds. The molecule has 20 heavy (non-hydrogen) atoms. The van der Waals surface area contributed by atoms with Gasteiger partial charge in [-0.15, -0.1) is 0 Å². The molecule has 104 valence electrons. The number of benzene rings is 1. The van der Waals surface area contributed by atoms with Crippen LogP contribution in [0.2, 0.25) is 0 Å². The van der Waals surface area contributed by atoms with Crippen LogP contribution in [0.1, 0.15) is 37.0 Å². The molecule has 1 aromatic carbocycles. The zero-order valence-corrected chi connectivity index (χ0v) is 12.5. The van der Waals surface area contributed by atoms with E-state index in [1.54, 1.807) is 0 Å². The van der Waals surface area contributed by atoms with Crippen molar-refractivity contribution in [2.24, 2.45) is 5.92 Å². The van der Waals surface area contributed by atoms with Gasteiger partial charge in [0, 0.05) is 12.1 Å². The van der Waals surface area contributed by atoms with Crippen LogP contribution < -0.4 is 4.74 Å². The van der Waals surface area contributed by atoms with Crippen LogP contribution >= 0.6 is 12.2 Å². The van der Waals surface area contributed by atoms with Gasteiger partial charge in [0.2, 0.25) is 0 Å². The predicted octanol–water partition coefficient (Wildman–Crippen LogP) is 4.01. The summed E-state index contributed by atoms with van der Waals surface area (Å²) in [6.45, 7) is 4.39. The van der Waals surface area contributed by atoms with Crippen molar-refractivity contribution in [3.8, 4) is 5.75 Å². The number of H-pyrrole nitrogens is 1. The van der Waals surface area contributed by atoms with Gasteiger partial charge in [0.1, 0.15) is 16.2 Å². The first-order chi connectivity index (χ1) is 9.61. The highest BCUT2D eigenvalue weighted by Gasteiger charge is 2.25. The maximum Gasteiger partial charge on any atom is 0.160 e. The summed E-state index contributed by atoms with van der Waals surface area (Å²) < 4.78 is 6.60. The molecule has 4 heteroatoms. The van der Waals surface area contributed by atoms with Gasteiger partial charge in [0.05, 0.1) is 0 Å². The lowest BCUT2D eigenvalue weighted by Crippen LogP contribution is -2.11. The molecule has 0 saturated carbocycles. The molecule has 1 aromatic heterocycles. The maximum absolute atomic E-state index is 5.97. The van der Waals surface area contributed by atoms with Crippen LogP contribution in [-0.4, -0.2) is 9.97 Å². The van der Waals surface area contributed by atoms with E-state index in [2.05, 4.69) is 29.9 Å². The number of aromatic amines is 1. The number of rotatable bonds is 3. The maximum atomic E-state index is 5.97. The van der Waals surface area contributed by atoms with Crippen molar-refractivity contribution in [3.05, 3.63) is 52.1 Å². The topological polar surface area (TPSA) is 37.9 Å². The zero-order chi connectivity index (χ0) is 14.1. The number of para-hydroxylation sites is 1. The van der Waals surface area contributed by atoms with Crippen LogP contribution in [0.5, 0.6) is 5.75 Å². The van der Waals surface area contributed by atoms with Gasteiger partial charge in [-0.1, -0.05) is 44.3 Å². The van der Waals surface area contributed by atoms with Crippen molar-refractivity contribution in [1.29, 1.82) is 0 Å². The van der Waals surface area contributed by atoms with Crippen LogP contribution in [-0.2, 0) is 12.8 Å². The second-order valence-electron chi connectivity index (χ2n) is 5.65. The molecule has 1 unspecified atom stereocenters. The molecule has 0 aliphatic carbocycles. The Morgan fingerprint density at radius 1 is 1.40 bits per heavy atom. The summed E-state index contributed by atoms with van der Waals surface area (Å²) in [6.07, 6.45) is 1.76. The Bertz CT molecular complexity index is 653. The van der Waals surface area contributed by atoms with Crippen molar-refractivity contribution in [2.45, 2.75) is 32.8 Å². The molecule has 1 aliphatic heterocycles. The fourth-order valence-electron chi connectivity index (χ4n) is 2.57. The number of fused-ring (bicyclic) bond motifs is 1. The number of aromatic nitrogens is 2. The lowest BCUT2D eigenvalue weighted by molar-refractivity contribution is 0.227. The van der Waals surface area contributed by atoms with Crippen molar-refractivity contribution in [1.82, 2.24) is 9.97 Å². The first-order valence-electron chi connectivity index (χ1n) is 6.96. The quantitative estimate of drug-likeness (QED) is 0.866. The molecule has 0 saturated heterocycles. The Kier molecular flexibility index (Phi) is 3.57. The minimum absolute atomic E-state index is 0.0544. The van der Waals surface area contributed by atoms with Gasteiger partial charge in [0.25, 0.3) is 0 Å². The molecule has 3 nitrogen and oxygen atoms in total. The Morgan fingerprint density at radius 2 is 2.20 bits per heavy atom. The number of nitrogens with one attached hydrogen (secondary N) is 1. The van der Waals surface area contributed by atoms with E-state index in [-0.39, 0.29) is 6.10 Å².